The number of nitrogens with zero attached hydrogens (tertiary/aromatic N) is 1. The number of aryl methyl sites for hydroxylation is 2. The van der Waals surface area contributed by atoms with Crippen molar-refractivity contribution in [3.63, 3.8) is 0 Å². The molecule has 0 saturated heterocycles. The van der Waals surface area contributed by atoms with Crippen molar-refractivity contribution < 1.29 is 13.2 Å². The second kappa shape index (κ2) is 8.58. The van der Waals surface area contributed by atoms with Gasteiger partial charge in [-0.3, -0.25) is 0 Å². The highest BCUT2D eigenvalue weighted by Crippen LogP contribution is 2.30. The van der Waals surface area contributed by atoms with Crippen molar-refractivity contribution in [2.45, 2.75) is 43.7 Å². The molecule has 0 saturated carbocycles. The van der Waals surface area contributed by atoms with Crippen LogP contribution in [0.15, 0.2) is 29.2 Å². The Labute approximate surface area is 159 Å². The van der Waals surface area contributed by atoms with Crippen LogP contribution in [-0.4, -0.2) is 33.7 Å². The van der Waals surface area contributed by atoms with E-state index in [-0.39, 0.29) is 17.5 Å². The fraction of sp³-hybridized carbons (Fsp3) is 0.500. The molecular formula is C18H25N3O3S2. The number of fused-ring (bicyclic) bond motifs is 1. The molecule has 8 heteroatoms. The average molecular weight is 396 g/mol. The van der Waals surface area contributed by atoms with Gasteiger partial charge in [-0.15, -0.1) is 11.3 Å². The SMILES string of the molecule is COCCNS(=O)(=O)c1cccc(CNC(C)c2nc3c(s2)CCC3)c1. The Morgan fingerprint density at radius 2 is 2.19 bits per heavy atom. The van der Waals surface area contributed by atoms with E-state index in [1.54, 1.807) is 36.6 Å². The normalized spacial score (nSPS) is 15.2. The van der Waals surface area contributed by atoms with Crippen LogP contribution in [0.4, 0.5) is 0 Å². The number of sulfonamides is 1. The minimum absolute atomic E-state index is 0.144. The molecule has 3 rings (SSSR count). The summed E-state index contributed by atoms with van der Waals surface area (Å²) in [5.41, 5.74) is 2.18. The topological polar surface area (TPSA) is 80.3 Å². The predicted octanol–water partition coefficient (Wildman–Crippen LogP) is 2.41. The van der Waals surface area contributed by atoms with E-state index in [0.29, 0.717) is 13.2 Å². The molecule has 1 heterocycles. The Morgan fingerprint density at radius 3 is 2.96 bits per heavy atom. The average Bonchev–Trinajstić information content (AvgIpc) is 3.22. The summed E-state index contributed by atoms with van der Waals surface area (Å²) < 4.78 is 32.0. The first-order chi connectivity index (χ1) is 12.5. The molecule has 6 nitrogen and oxygen atoms in total. The van der Waals surface area contributed by atoms with Crippen LogP contribution >= 0.6 is 11.3 Å². The lowest BCUT2D eigenvalue weighted by Crippen LogP contribution is -2.27. The van der Waals surface area contributed by atoms with Crippen molar-refractivity contribution in [3.05, 3.63) is 45.4 Å². The van der Waals surface area contributed by atoms with E-state index in [4.69, 9.17) is 9.72 Å². The number of thiazole rings is 1. The summed E-state index contributed by atoms with van der Waals surface area (Å²) in [5, 5.41) is 4.56. The number of rotatable bonds is 9. The summed E-state index contributed by atoms with van der Waals surface area (Å²) in [6.07, 6.45) is 3.46. The molecule has 0 aliphatic heterocycles. The summed E-state index contributed by atoms with van der Waals surface area (Å²) in [7, 11) is -1.97. The van der Waals surface area contributed by atoms with Gasteiger partial charge in [0.2, 0.25) is 10.0 Å². The van der Waals surface area contributed by atoms with Crippen molar-refractivity contribution in [2.24, 2.45) is 0 Å². The van der Waals surface area contributed by atoms with Gasteiger partial charge in [-0.05, 0) is 43.9 Å². The lowest BCUT2D eigenvalue weighted by atomic mass is 10.2. The van der Waals surface area contributed by atoms with Gasteiger partial charge in [0.25, 0.3) is 0 Å². The second-order valence-electron chi connectivity index (χ2n) is 6.42. The lowest BCUT2D eigenvalue weighted by molar-refractivity contribution is 0.204. The van der Waals surface area contributed by atoms with Crippen LogP contribution in [0.3, 0.4) is 0 Å². The van der Waals surface area contributed by atoms with Crippen LogP contribution < -0.4 is 10.0 Å². The molecule has 2 N–H and O–H groups in total. The van der Waals surface area contributed by atoms with Crippen LogP contribution in [0.2, 0.25) is 0 Å². The van der Waals surface area contributed by atoms with E-state index >= 15 is 0 Å². The van der Waals surface area contributed by atoms with E-state index in [0.717, 1.165) is 23.4 Å². The van der Waals surface area contributed by atoms with Crippen LogP contribution in [0.1, 0.15) is 40.5 Å². The van der Waals surface area contributed by atoms with Gasteiger partial charge in [0, 0.05) is 25.1 Å². The Morgan fingerprint density at radius 1 is 1.35 bits per heavy atom. The fourth-order valence-electron chi connectivity index (χ4n) is 2.94. The molecule has 0 radical (unpaired) electrons. The summed E-state index contributed by atoms with van der Waals surface area (Å²) in [6.45, 7) is 3.29. The van der Waals surface area contributed by atoms with E-state index in [1.165, 1.54) is 17.0 Å². The molecule has 1 aliphatic carbocycles. The number of ether oxygens (including phenoxy) is 1. The number of aromatic nitrogens is 1. The summed E-state index contributed by atoms with van der Waals surface area (Å²) >= 11 is 1.79. The maximum Gasteiger partial charge on any atom is 0.240 e. The molecule has 0 spiro atoms. The predicted molar refractivity (Wildman–Crippen MR) is 103 cm³/mol. The molecule has 2 aromatic rings. The molecule has 142 valence electrons. The highest BCUT2D eigenvalue weighted by molar-refractivity contribution is 7.89. The second-order valence-corrected chi connectivity index (χ2v) is 9.30. The molecule has 0 bridgehead atoms. The van der Waals surface area contributed by atoms with Crippen molar-refractivity contribution in [1.29, 1.82) is 0 Å². The van der Waals surface area contributed by atoms with Crippen molar-refractivity contribution in [2.75, 3.05) is 20.3 Å². The number of hydrogen-bond donors (Lipinski definition) is 2. The van der Waals surface area contributed by atoms with Gasteiger partial charge in [-0.2, -0.15) is 0 Å². The third-order valence-electron chi connectivity index (χ3n) is 4.40. The molecule has 1 aromatic heterocycles. The minimum Gasteiger partial charge on any atom is -0.383 e. The highest BCUT2D eigenvalue weighted by Gasteiger charge is 2.19. The molecule has 1 aliphatic rings. The first-order valence-corrected chi connectivity index (χ1v) is 11.1. The first-order valence-electron chi connectivity index (χ1n) is 8.79. The van der Waals surface area contributed by atoms with Crippen molar-refractivity contribution in [1.82, 2.24) is 15.0 Å². The number of methoxy groups -OCH3 is 1. The Balaban J connectivity index is 1.61. The van der Waals surface area contributed by atoms with Gasteiger partial charge in [0.1, 0.15) is 5.01 Å². The minimum atomic E-state index is -3.51. The number of benzene rings is 1. The molecule has 1 unspecified atom stereocenters. The van der Waals surface area contributed by atoms with Gasteiger partial charge in [-0.1, -0.05) is 12.1 Å². The molecular weight excluding hydrogens is 370 g/mol. The van der Waals surface area contributed by atoms with Gasteiger partial charge >= 0.3 is 0 Å². The summed E-state index contributed by atoms with van der Waals surface area (Å²) in [6, 6.07) is 7.15. The summed E-state index contributed by atoms with van der Waals surface area (Å²) in [5.74, 6) is 0. The van der Waals surface area contributed by atoms with E-state index in [9.17, 15) is 8.42 Å². The highest BCUT2D eigenvalue weighted by atomic mass is 32.2. The standard InChI is InChI=1S/C18H25N3O3S2/c1-13(18-21-16-7-4-8-17(16)25-18)19-12-14-5-3-6-15(11-14)26(22,23)20-9-10-24-2/h3,5-6,11,13,19-20H,4,7-10,12H2,1-2H3. The number of hydrogen-bond acceptors (Lipinski definition) is 6. The molecule has 26 heavy (non-hydrogen) atoms. The Kier molecular flexibility index (Phi) is 6.42. The van der Waals surface area contributed by atoms with Crippen LogP contribution in [-0.2, 0) is 34.1 Å². The fourth-order valence-corrected chi connectivity index (χ4v) is 5.20. The third kappa shape index (κ3) is 4.69. The van der Waals surface area contributed by atoms with Gasteiger partial charge < -0.3 is 10.1 Å². The zero-order valence-corrected chi connectivity index (χ0v) is 16.8. The molecule has 0 fully saturated rings. The van der Waals surface area contributed by atoms with Crippen LogP contribution in [0, 0.1) is 0 Å². The third-order valence-corrected chi connectivity index (χ3v) is 7.20. The molecule has 1 aromatic carbocycles. The van der Waals surface area contributed by atoms with Crippen molar-refractivity contribution in [3.8, 4) is 0 Å². The van der Waals surface area contributed by atoms with Gasteiger partial charge in [-0.25, -0.2) is 18.1 Å². The van der Waals surface area contributed by atoms with E-state index in [2.05, 4.69) is 17.0 Å². The van der Waals surface area contributed by atoms with E-state index in [1.807, 2.05) is 6.07 Å². The Hall–Kier alpha value is -1.32. The summed E-state index contributed by atoms with van der Waals surface area (Å²) in [4.78, 5) is 6.43. The van der Waals surface area contributed by atoms with Gasteiger partial charge in [0.15, 0.2) is 0 Å². The largest absolute Gasteiger partial charge is 0.383 e. The van der Waals surface area contributed by atoms with Crippen LogP contribution in [0.5, 0.6) is 0 Å². The zero-order valence-electron chi connectivity index (χ0n) is 15.1. The maximum atomic E-state index is 12.3. The smallest absolute Gasteiger partial charge is 0.240 e. The Bertz CT molecular complexity index is 828. The molecule has 0 amide bonds. The number of nitrogens with one attached hydrogen (secondary N) is 2. The van der Waals surface area contributed by atoms with Crippen LogP contribution in [0.25, 0.3) is 0 Å². The van der Waals surface area contributed by atoms with Gasteiger partial charge in [0.05, 0.1) is 23.2 Å². The first kappa shape index (κ1) is 19.4. The van der Waals surface area contributed by atoms with Crippen molar-refractivity contribution >= 4 is 21.4 Å². The monoisotopic (exact) mass is 395 g/mol. The molecule has 1 atom stereocenters. The van der Waals surface area contributed by atoms with E-state index < -0.39 is 10.0 Å². The zero-order chi connectivity index (χ0) is 18.6. The lowest BCUT2D eigenvalue weighted by Gasteiger charge is -2.12. The quantitative estimate of drug-likeness (QED) is 0.638. The maximum absolute atomic E-state index is 12.3.